The Kier molecular flexibility index (Phi) is 4.81. The van der Waals surface area contributed by atoms with Gasteiger partial charge in [0.05, 0.1) is 4.92 Å². The smallest absolute Gasteiger partial charge is 0.271 e. The molecule has 1 heterocycles. The van der Waals surface area contributed by atoms with Crippen molar-refractivity contribution in [3.63, 3.8) is 0 Å². The van der Waals surface area contributed by atoms with Gasteiger partial charge in [-0.2, -0.15) is 5.10 Å². The second-order valence-electron chi connectivity index (χ2n) is 4.33. The zero-order valence-electron chi connectivity index (χ0n) is 11.7. The number of rotatable bonds is 5. The van der Waals surface area contributed by atoms with E-state index in [4.69, 9.17) is 4.42 Å². The number of hydrogen-bond acceptors (Lipinski definition) is 5. The largest absolute Gasteiger partial charge is 0.462 e. The second-order valence-corrected chi connectivity index (χ2v) is 4.33. The number of benzene rings is 1. The lowest BCUT2D eigenvalue weighted by atomic mass is 10.2. The first-order valence-electron chi connectivity index (χ1n) is 6.37. The summed E-state index contributed by atoms with van der Waals surface area (Å²) in [5.74, 6) is 0.951. The summed E-state index contributed by atoms with van der Waals surface area (Å²) in [6, 6.07) is 9.05. The van der Waals surface area contributed by atoms with Crippen molar-refractivity contribution >= 4 is 23.9 Å². The molecule has 7 heteroatoms. The van der Waals surface area contributed by atoms with Crippen molar-refractivity contribution in [2.45, 2.75) is 6.92 Å². The van der Waals surface area contributed by atoms with Gasteiger partial charge in [-0.05, 0) is 37.3 Å². The number of hydrazone groups is 1. The monoisotopic (exact) mass is 299 g/mol. The first-order chi connectivity index (χ1) is 10.6. The van der Waals surface area contributed by atoms with E-state index in [-0.39, 0.29) is 11.3 Å². The molecule has 0 unspecified atom stereocenters. The van der Waals surface area contributed by atoms with E-state index < -0.39 is 10.8 Å². The number of carbonyl (C=O) groups excluding carboxylic acids is 1. The van der Waals surface area contributed by atoms with Crippen LogP contribution in [0.2, 0.25) is 0 Å². The Morgan fingerprint density at radius 1 is 1.36 bits per heavy atom. The highest BCUT2D eigenvalue weighted by atomic mass is 16.6. The van der Waals surface area contributed by atoms with Crippen LogP contribution in [0.1, 0.15) is 21.9 Å². The number of nitro benzene ring substituents is 1. The average Bonchev–Trinajstić information content (AvgIpc) is 2.92. The fraction of sp³-hybridized carbons (Fsp3) is 0.0667. The molecular weight excluding hydrogens is 286 g/mol. The molecular formula is C15H13N3O4. The molecule has 0 aliphatic carbocycles. The summed E-state index contributed by atoms with van der Waals surface area (Å²) in [5.41, 5.74) is 2.30. The fourth-order valence-electron chi connectivity index (χ4n) is 1.65. The van der Waals surface area contributed by atoms with Crippen LogP contribution in [0.5, 0.6) is 0 Å². The normalized spacial score (nSPS) is 11.1. The van der Waals surface area contributed by atoms with E-state index in [0.717, 1.165) is 5.76 Å². The van der Waals surface area contributed by atoms with Gasteiger partial charge in [-0.15, -0.1) is 0 Å². The van der Waals surface area contributed by atoms with Crippen LogP contribution >= 0.6 is 0 Å². The molecule has 2 aromatic rings. The average molecular weight is 299 g/mol. The Morgan fingerprint density at radius 2 is 2.18 bits per heavy atom. The number of hydrogen-bond donors (Lipinski definition) is 1. The molecule has 2 rings (SSSR count). The molecule has 1 aromatic carbocycles. The Morgan fingerprint density at radius 3 is 2.86 bits per heavy atom. The molecule has 1 N–H and O–H groups in total. The Bertz CT molecular complexity index is 747. The second kappa shape index (κ2) is 6.98. The number of amides is 1. The van der Waals surface area contributed by atoms with Crippen LogP contribution in [-0.2, 0) is 0 Å². The molecule has 0 saturated heterocycles. The third-order valence-corrected chi connectivity index (χ3v) is 2.67. The lowest BCUT2D eigenvalue weighted by Gasteiger charge is -1.98. The van der Waals surface area contributed by atoms with Gasteiger partial charge in [-0.25, -0.2) is 5.43 Å². The zero-order chi connectivity index (χ0) is 15.9. The molecule has 112 valence electrons. The van der Waals surface area contributed by atoms with Gasteiger partial charge >= 0.3 is 0 Å². The summed E-state index contributed by atoms with van der Waals surface area (Å²) in [5, 5.41) is 14.4. The summed E-state index contributed by atoms with van der Waals surface area (Å²) in [4.78, 5) is 21.8. The van der Waals surface area contributed by atoms with E-state index in [9.17, 15) is 14.9 Å². The number of allylic oxidation sites excluding steroid dienone is 1. The maximum atomic E-state index is 11.8. The molecule has 0 fully saturated rings. The van der Waals surface area contributed by atoms with Gasteiger partial charge in [0.15, 0.2) is 0 Å². The van der Waals surface area contributed by atoms with Crippen molar-refractivity contribution < 1.29 is 14.1 Å². The van der Waals surface area contributed by atoms with Crippen LogP contribution in [0.3, 0.4) is 0 Å². The quantitative estimate of drug-likeness (QED) is 0.521. The lowest BCUT2D eigenvalue weighted by Crippen LogP contribution is -2.17. The molecule has 0 radical (unpaired) electrons. The van der Waals surface area contributed by atoms with E-state index in [1.165, 1.54) is 30.5 Å². The summed E-state index contributed by atoms with van der Waals surface area (Å²) >= 11 is 0. The van der Waals surface area contributed by atoms with Gasteiger partial charge in [0.2, 0.25) is 0 Å². The van der Waals surface area contributed by atoms with Crippen LogP contribution in [0, 0.1) is 17.0 Å². The number of nitro groups is 1. The Labute approximate surface area is 126 Å². The third kappa shape index (κ3) is 4.14. The first kappa shape index (κ1) is 15.2. The number of nitrogens with zero attached hydrogens (tertiary/aromatic N) is 2. The maximum Gasteiger partial charge on any atom is 0.271 e. The summed E-state index contributed by atoms with van der Waals surface area (Å²) in [7, 11) is 0. The zero-order valence-corrected chi connectivity index (χ0v) is 11.7. The summed E-state index contributed by atoms with van der Waals surface area (Å²) in [6.07, 6.45) is 4.68. The van der Waals surface area contributed by atoms with Crippen molar-refractivity contribution in [1.29, 1.82) is 0 Å². The SMILES string of the molecule is Cc1ccc(/C=C/C=N/NC(=O)c2cccc([N+](=O)[O-])c2)o1. The number of non-ortho nitro benzene ring substituents is 1. The standard InChI is InChI=1S/C15H13N3O4/c1-11-7-8-14(22-11)6-3-9-16-17-15(19)12-4-2-5-13(10-12)18(20)21/h2-10H,1H3,(H,17,19)/b6-3+,16-9+. The molecule has 0 aliphatic rings. The molecule has 0 atom stereocenters. The fourth-order valence-corrected chi connectivity index (χ4v) is 1.65. The highest BCUT2D eigenvalue weighted by Gasteiger charge is 2.10. The number of carbonyl (C=O) groups is 1. The molecule has 1 amide bonds. The maximum absolute atomic E-state index is 11.8. The number of furan rings is 1. The minimum atomic E-state index is -0.561. The van der Waals surface area contributed by atoms with Gasteiger partial charge in [0.25, 0.3) is 11.6 Å². The van der Waals surface area contributed by atoms with E-state index >= 15 is 0 Å². The van der Waals surface area contributed by atoms with Gasteiger partial charge < -0.3 is 4.42 Å². The van der Waals surface area contributed by atoms with Crippen LogP contribution in [0.25, 0.3) is 6.08 Å². The van der Waals surface area contributed by atoms with Gasteiger partial charge in [-0.1, -0.05) is 6.07 Å². The van der Waals surface area contributed by atoms with Crippen LogP contribution < -0.4 is 5.43 Å². The highest BCUT2D eigenvalue weighted by Crippen LogP contribution is 2.12. The number of aryl methyl sites for hydroxylation is 1. The topological polar surface area (TPSA) is 97.7 Å². The minimum Gasteiger partial charge on any atom is -0.462 e. The van der Waals surface area contributed by atoms with Crippen LogP contribution in [0.15, 0.2) is 52.0 Å². The van der Waals surface area contributed by atoms with Gasteiger partial charge in [0.1, 0.15) is 11.5 Å². The summed E-state index contributed by atoms with van der Waals surface area (Å²) < 4.78 is 5.32. The molecule has 7 nitrogen and oxygen atoms in total. The third-order valence-electron chi connectivity index (χ3n) is 2.67. The van der Waals surface area contributed by atoms with E-state index in [1.54, 1.807) is 18.2 Å². The minimum absolute atomic E-state index is 0.148. The summed E-state index contributed by atoms with van der Waals surface area (Å²) in [6.45, 7) is 1.84. The predicted octanol–water partition coefficient (Wildman–Crippen LogP) is 2.93. The van der Waals surface area contributed by atoms with Gasteiger partial charge in [0, 0.05) is 23.9 Å². The van der Waals surface area contributed by atoms with Crippen molar-refractivity contribution in [3.05, 3.63) is 69.7 Å². The first-order valence-corrected chi connectivity index (χ1v) is 6.37. The van der Waals surface area contributed by atoms with Gasteiger partial charge in [-0.3, -0.25) is 14.9 Å². The molecule has 0 spiro atoms. The molecule has 0 aliphatic heterocycles. The van der Waals surface area contributed by atoms with Crippen molar-refractivity contribution in [1.82, 2.24) is 5.43 Å². The van der Waals surface area contributed by atoms with Crippen molar-refractivity contribution in [2.75, 3.05) is 0 Å². The number of nitrogens with one attached hydrogen (secondary N) is 1. The lowest BCUT2D eigenvalue weighted by molar-refractivity contribution is -0.384. The van der Waals surface area contributed by atoms with Crippen molar-refractivity contribution in [2.24, 2.45) is 5.10 Å². The van der Waals surface area contributed by atoms with E-state index in [2.05, 4.69) is 10.5 Å². The predicted molar refractivity (Wildman–Crippen MR) is 81.5 cm³/mol. The molecule has 0 saturated carbocycles. The van der Waals surface area contributed by atoms with Crippen LogP contribution in [0.4, 0.5) is 5.69 Å². The molecule has 22 heavy (non-hydrogen) atoms. The Hall–Kier alpha value is -3.22. The Balaban J connectivity index is 1.92. The molecule has 0 bridgehead atoms. The highest BCUT2D eigenvalue weighted by molar-refractivity contribution is 5.95. The molecule has 1 aromatic heterocycles. The van der Waals surface area contributed by atoms with Crippen molar-refractivity contribution in [3.8, 4) is 0 Å². The van der Waals surface area contributed by atoms with E-state index in [0.29, 0.717) is 5.76 Å². The van der Waals surface area contributed by atoms with Crippen LogP contribution in [-0.4, -0.2) is 17.0 Å². The van der Waals surface area contributed by atoms with E-state index in [1.807, 2.05) is 13.0 Å².